The Bertz CT molecular complexity index is 805. The second-order valence-corrected chi connectivity index (χ2v) is 6.75. The molecule has 0 bridgehead atoms. The average Bonchev–Trinajstić information content (AvgIpc) is 2.73. The van der Waals surface area contributed by atoms with Gasteiger partial charge in [0, 0.05) is 0 Å². The molecule has 1 amide bonds. The molecule has 28 heavy (non-hydrogen) atoms. The zero-order chi connectivity index (χ0) is 20.2. The minimum atomic E-state index is -0.380. The van der Waals surface area contributed by atoms with Gasteiger partial charge in [-0.2, -0.15) is 5.26 Å². The maximum absolute atomic E-state index is 12.4. The highest BCUT2D eigenvalue weighted by atomic mass is 16.5. The molecule has 0 heterocycles. The molecule has 4 nitrogen and oxygen atoms in total. The second kappa shape index (κ2) is 11.6. The number of amides is 1. The molecule has 2 rings (SSSR count). The highest BCUT2D eigenvalue weighted by molar-refractivity contribution is 6.01. The number of hydrogen-bond acceptors (Lipinski definition) is 3. The molecule has 1 unspecified atom stereocenters. The number of carbonyl (C=O) groups excluding carboxylic acids is 1. The topological polar surface area (TPSA) is 62.1 Å². The fourth-order valence-electron chi connectivity index (χ4n) is 2.79. The van der Waals surface area contributed by atoms with Crippen molar-refractivity contribution >= 4 is 12.0 Å². The molecule has 1 N–H and O–H groups in total. The molecule has 1 atom stereocenters. The Balaban J connectivity index is 1.94. The van der Waals surface area contributed by atoms with E-state index >= 15 is 0 Å². The van der Waals surface area contributed by atoms with E-state index in [1.54, 1.807) is 6.08 Å². The summed E-state index contributed by atoms with van der Waals surface area (Å²) in [5.74, 6) is 0.421. The Hall–Kier alpha value is -3.06. The minimum absolute atomic E-state index is 0.0796. The molecule has 146 valence electrons. The summed E-state index contributed by atoms with van der Waals surface area (Å²) < 4.78 is 5.72. The third kappa shape index (κ3) is 6.92. The molecule has 2 aromatic rings. The van der Waals surface area contributed by atoms with Gasteiger partial charge in [-0.25, -0.2) is 0 Å². The van der Waals surface area contributed by atoms with Crippen LogP contribution >= 0.6 is 0 Å². The summed E-state index contributed by atoms with van der Waals surface area (Å²) >= 11 is 0. The molecule has 0 aliphatic rings. The lowest BCUT2D eigenvalue weighted by atomic mass is 10.1. The van der Waals surface area contributed by atoms with Gasteiger partial charge in [0.05, 0.1) is 12.6 Å². The Morgan fingerprint density at radius 1 is 1.11 bits per heavy atom. The minimum Gasteiger partial charge on any atom is -0.494 e. The molecule has 0 radical (unpaired) electrons. The van der Waals surface area contributed by atoms with Gasteiger partial charge in [-0.15, -0.1) is 0 Å². The van der Waals surface area contributed by atoms with E-state index in [4.69, 9.17) is 4.74 Å². The van der Waals surface area contributed by atoms with Crippen molar-refractivity contribution in [3.8, 4) is 11.8 Å². The predicted octanol–water partition coefficient (Wildman–Crippen LogP) is 5.43. The number of nitriles is 1. The van der Waals surface area contributed by atoms with Crippen LogP contribution in [-0.2, 0) is 4.79 Å². The van der Waals surface area contributed by atoms with E-state index in [0.717, 1.165) is 23.3 Å². The van der Waals surface area contributed by atoms with Crippen molar-refractivity contribution < 1.29 is 9.53 Å². The van der Waals surface area contributed by atoms with Crippen LogP contribution < -0.4 is 10.1 Å². The van der Waals surface area contributed by atoms with Crippen molar-refractivity contribution in [2.24, 2.45) is 0 Å². The third-order valence-electron chi connectivity index (χ3n) is 4.47. The number of ether oxygens (including phenoxy) is 1. The quantitative estimate of drug-likeness (QED) is 0.342. The number of nitrogens with zero attached hydrogens (tertiary/aromatic N) is 1. The molecule has 2 aromatic carbocycles. The first-order chi connectivity index (χ1) is 13.6. The standard InChI is InChI=1S/C24H28N2O2/c1-3-4-5-9-16-28-23-14-12-20(13-15-23)17-22(18-25)24(27)26-19(2)21-10-7-6-8-11-21/h6-8,10-15,17,19H,3-5,9,16H2,1-2H3,(H,26,27)/b22-17+. The van der Waals surface area contributed by atoms with E-state index in [2.05, 4.69) is 12.2 Å². The van der Waals surface area contributed by atoms with Gasteiger partial charge in [0.1, 0.15) is 17.4 Å². The first kappa shape index (κ1) is 21.2. The van der Waals surface area contributed by atoms with Gasteiger partial charge in [0.15, 0.2) is 0 Å². The number of hydrogen-bond donors (Lipinski definition) is 1. The summed E-state index contributed by atoms with van der Waals surface area (Å²) in [7, 11) is 0. The SMILES string of the molecule is CCCCCCOc1ccc(/C=C(\C#N)C(=O)NC(C)c2ccccc2)cc1. The smallest absolute Gasteiger partial charge is 0.262 e. The number of benzene rings is 2. The van der Waals surface area contributed by atoms with Crippen LogP contribution in [0.4, 0.5) is 0 Å². The summed E-state index contributed by atoms with van der Waals surface area (Å²) in [5, 5.41) is 12.2. The third-order valence-corrected chi connectivity index (χ3v) is 4.47. The van der Waals surface area contributed by atoms with Crippen LogP contribution in [0.25, 0.3) is 6.08 Å². The molecule has 0 spiro atoms. The van der Waals surface area contributed by atoms with Gasteiger partial charge < -0.3 is 10.1 Å². The first-order valence-electron chi connectivity index (χ1n) is 9.84. The summed E-state index contributed by atoms with van der Waals surface area (Å²) in [5.41, 5.74) is 1.86. The van der Waals surface area contributed by atoms with Crippen LogP contribution in [0.2, 0.25) is 0 Å². The van der Waals surface area contributed by atoms with Gasteiger partial charge in [-0.3, -0.25) is 4.79 Å². The molecular formula is C24H28N2O2. The second-order valence-electron chi connectivity index (χ2n) is 6.75. The lowest BCUT2D eigenvalue weighted by Crippen LogP contribution is -2.27. The average molecular weight is 377 g/mol. The molecular weight excluding hydrogens is 348 g/mol. The Morgan fingerprint density at radius 2 is 1.82 bits per heavy atom. The number of carbonyl (C=O) groups is 1. The van der Waals surface area contributed by atoms with Gasteiger partial charge in [-0.1, -0.05) is 68.7 Å². The Kier molecular flexibility index (Phi) is 8.81. The lowest BCUT2D eigenvalue weighted by molar-refractivity contribution is -0.117. The van der Waals surface area contributed by atoms with Crippen LogP contribution in [0.1, 0.15) is 56.7 Å². The van der Waals surface area contributed by atoms with E-state index in [9.17, 15) is 10.1 Å². The van der Waals surface area contributed by atoms with Crippen molar-refractivity contribution in [1.82, 2.24) is 5.32 Å². The van der Waals surface area contributed by atoms with Crippen molar-refractivity contribution in [1.29, 1.82) is 5.26 Å². The summed E-state index contributed by atoms with van der Waals surface area (Å²) in [6.07, 6.45) is 6.26. The maximum Gasteiger partial charge on any atom is 0.262 e. The summed E-state index contributed by atoms with van der Waals surface area (Å²) in [6, 6.07) is 18.9. The van der Waals surface area contributed by atoms with Crippen molar-refractivity contribution in [2.75, 3.05) is 6.61 Å². The van der Waals surface area contributed by atoms with Crippen molar-refractivity contribution in [3.63, 3.8) is 0 Å². The zero-order valence-corrected chi connectivity index (χ0v) is 16.7. The zero-order valence-electron chi connectivity index (χ0n) is 16.7. The summed E-state index contributed by atoms with van der Waals surface area (Å²) in [6.45, 7) is 4.79. The lowest BCUT2D eigenvalue weighted by Gasteiger charge is -2.13. The van der Waals surface area contributed by atoms with Crippen LogP contribution in [-0.4, -0.2) is 12.5 Å². The van der Waals surface area contributed by atoms with Gasteiger partial charge in [0.2, 0.25) is 0 Å². The van der Waals surface area contributed by atoms with E-state index in [0.29, 0.717) is 6.61 Å². The van der Waals surface area contributed by atoms with Gasteiger partial charge >= 0.3 is 0 Å². The predicted molar refractivity (Wildman–Crippen MR) is 113 cm³/mol. The van der Waals surface area contributed by atoms with E-state index in [1.807, 2.05) is 67.6 Å². The highest BCUT2D eigenvalue weighted by Crippen LogP contribution is 2.16. The van der Waals surface area contributed by atoms with Crippen LogP contribution in [0.15, 0.2) is 60.2 Å². The van der Waals surface area contributed by atoms with Gasteiger partial charge in [-0.05, 0) is 42.7 Å². The van der Waals surface area contributed by atoms with E-state index in [-0.39, 0.29) is 17.5 Å². The van der Waals surface area contributed by atoms with Crippen LogP contribution in [0, 0.1) is 11.3 Å². The Morgan fingerprint density at radius 3 is 2.46 bits per heavy atom. The maximum atomic E-state index is 12.4. The number of rotatable bonds is 10. The number of unbranched alkanes of at least 4 members (excludes halogenated alkanes) is 3. The summed E-state index contributed by atoms with van der Waals surface area (Å²) in [4.78, 5) is 12.4. The Labute approximate surface area is 167 Å². The fourth-order valence-corrected chi connectivity index (χ4v) is 2.79. The van der Waals surface area contributed by atoms with Crippen molar-refractivity contribution in [2.45, 2.75) is 45.6 Å². The molecule has 0 fully saturated rings. The molecule has 4 heteroatoms. The molecule has 0 aromatic heterocycles. The van der Waals surface area contributed by atoms with Crippen LogP contribution in [0.5, 0.6) is 5.75 Å². The normalized spacial score (nSPS) is 12.1. The highest BCUT2D eigenvalue weighted by Gasteiger charge is 2.13. The molecule has 0 aliphatic carbocycles. The van der Waals surface area contributed by atoms with E-state index in [1.165, 1.54) is 19.3 Å². The van der Waals surface area contributed by atoms with Crippen molar-refractivity contribution in [3.05, 3.63) is 71.3 Å². The molecule has 0 aliphatic heterocycles. The number of nitrogens with one attached hydrogen (secondary N) is 1. The van der Waals surface area contributed by atoms with Gasteiger partial charge in [0.25, 0.3) is 5.91 Å². The monoisotopic (exact) mass is 376 g/mol. The van der Waals surface area contributed by atoms with E-state index < -0.39 is 0 Å². The largest absolute Gasteiger partial charge is 0.494 e. The molecule has 0 saturated carbocycles. The van der Waals surface area contributed by atoms with Crippen LogP contribution in [0.3, 0.4) is 0 Å². The molecule has 0 saturated heterocycles. The first-order valence-corrected chi connectivity index (χ1v) is 9.84. The fraction of sp³-hybridized carbons (Fsp3) is 0.333.